The van der Waals surface area contributed by atoms with Crippen LogP contribution in [0.25, 0.3) is 0 Å². The molecule has 1 aliphatic heterocycles. The predicted molar refractivity (Wildman–Crippen MR) is 80.4 cm³/mol. The molecule has 1 fully saturated rings. The van der Waals surface area contributed by atoms with Gasteiger partial charge in [-0.05, 0) is 18.6 Å². The second-order valence-corrected chi connectivity index (χ2v) is 5.51. The number of ether oxygens (including phenoxy) is 1. The molecular weight excluding hydrogens is 311 g/mol. The Bertz CT molecular complexity index is 568. The summed E-state index contributed by atoms with van der Waals surface area (Å²) >= 11 is 5.66. The molecule has 2 rings (SSSR count). The van der Waals surface area contributed by atoms with Crippen molar-refractivity contribution in [2.45, 2.75) is 13.3 Å². The molecule has 1 saturated heterocycles. The van der Waals surface area contributed by atoms with E-state index in [2.05, 4.69) is 0 Å². The van der Waals surface area contributed by atoms with Crippen LogP contribution in [-0.2, 0) is 9.59 Å². The molecule has 7 heteroatoms. The van der Waals surface area contributed by atoms with Gasteiger partial charge in [0, 0.05) is 39.2 Å². The number of carbonyl (C=O) groups excluding carboxylic acids is 2. The van der Waals surface area contributed by atoms with E-state index in [1.54, 1.807) is 9.80 Å². The van der Waals surface area contributed by atoms with E-state index >= 15 is 0 Å². The summed E-state index contributed by atoms with van der Waals surface area (Å²) in [6.07, 6.45) is 0.744. The Labute approximate surface area is 133 Å². The Balaban J connectivity index is 1.86. The number of benzene rings is 1. The Kier molecular flexibility index (Phi) is 5.60. The Hall–Kier alpha value is -1.82. The second-order valence-electron chi connectivity index (χ2n) is 5.10. The summed E-state index contributed by atoms with van der Waals surface area (Å²) in [5.41, 5.74) is 0. The van der Waals surface area contributed by atoms with Crippen molar-refractivity contribution in [1.82, 2.24) is 9.80 Å². The van der Waals surface area contributed by atoms with Crippen LogP contribution in [-0.4, -0.2) is 54.4 Å². The first kappa shape index (κ1) is 16.5. The van der Waals surface area contributed by atoms with Crippen molar-refractivity contribution in [3.63, 3.8) is 0 Å². The second kappa shape index (κ2) is 7.45. The van der Waals surface area contributed by atoms with E-state index in [9.17, 15) is 14.0 Å². The van der Waals surface area contributed by atoms with Crippen LogP contribution >= 0.6 is 11.6 Å². The van der Waals surface area contributed by atoms with Crippen molar-refractivity contribution in [3.8, 4) is 5.75 Å². The van der Waals surface area contributed by atoms with Crippen LogP contribution < -0.4 is 4.74 Å². The van der Waals surface area contributed by atoms with E-state index < -0.39 is 5.82 Å². The highest BCUT2D eigenvalue weighted by molar-refractivity contribution is 6.30. The molecule has 0 radical (unpaired) electrons. The third-order valence-electron chi connectivity index (χ3n) is 3.55. The van der Waals surface area contributed by atoms with E-state index in [1.807, 2.05) is 0 Å². The highest BCUT2D eigenvalue weighted by Crippen LogP contribution is 2.21. The fourth-order valence-electron chi connectivity index (χ4n) is 2.28. The van der Waals surface area contributed by atoms with Gasteiger partial charge in [-0.15, -0.1) is 0 Å². The maximum Gasteiger partial charge on any atom is 0.260 e. The third-order valence-corrected chi connectivity index (χ3v) is 3.84. The van der Waals surface area contributed by atoms with Gasteiger partial charge in [0.2, 0.25) is 5.91 Å². The average molecular weight is 329 g/mol. The Morgan fingerprint density at radius 2 is 1.91 bits per heavy atom. The lowest BCUT2D eigenvalue weighted by Crippen LogP contribution is -2.38. The third kappa shape index (κ3) is 4.34. The molecule has 2 amide bonds. The summed E-state index contributed by atoms with van der Waals surface area (Å²) in [5.74, 6) is -0.325. The van der Waals surface area contributed by atoms with Crippen LogP contribution in [0.5, 0.6) is 5.75 Å². The van der Waals surface area contributed by atoms with Gasteiger partial charge in [-0.1, -0.05) is 11.6 Å². The molecule has 0 saturated carbocycles. The molecule has 1 aliphatic rings. The molecule has 22 heavy (non-hydrogen) atoms. The monoisotopic (exact) mass is 328 g/mol. The summed E-state index contributed by atoms with van der Waals surface area (Å²) in [6.45, 7) is 3.67. The van der Waals surface area contributed by atoms with Crippen molar-refractivity contribution in [3.05, 3.63) is 29.0 Å². The SMILES string of the molecule is CC(=O)N1CCCN(C(=O)COc2ccc(F)c(Cl)c2)CC1. The van der Waals surface area contributed by atoms with E-state index in [1.165, 1.54) is 25.1 Å². The Morgan fingerprint density at radius 1 is 1.23 bits per heavy atom. The van der Waals surface area contributed by atoms with Gasteiger partial charge in [-0.3, -0.25) is 9.59 Å². The summed E-state index contributed by atoms with van der Waals surface area (Å²) in [5, 5.41) is -0.0446. The van der Waals surface area contributed by atoms with Gasteiger partial charge in [0.15, 0.2) is 6.61 Å². The zero-order chi connectivity index (χ0) is 16.1. The number of rotatable bonds is 3. The van der Waals surface area contributed by atoms with Crippen LogP contribution in [0.2, 0.25) is 5.02 Å². The minimum atomic E-state index is -0.530. The summed E-state index contributed by atoms with van der Waals surface area (Å²) in [7, 11) is 0. The number of nitrogens with zero attached hydrogens (tertiary/aromatic N) is 2. The molecule has 0 aliphatic carbocycles. The summed E-state index contributed by atoms with van der Waals surface area (Å²) in [4.78, 5) is 26.9. The number of amides is 2. The molecule has 1 heterocycles. The smallest absolute Gasteiger partial charge is 0.260 e. The van der Waals surface area contributed by atoms with Crippen LogP contribution in [0, 0.1) is 5.82 Å². The quantitative estimate of drug-likeness (QED) is 0.852. The summed E-state index contributed by atoms with van der Waals surface area (Å²) < 4.78 is 18.4. The molecule has 1 aromatic rings. The molecule has 0 N–H and O–H groups in total. The highest BCUT2D eigenvalue weighted by Gasteiger charge is 2.20. The first-order valence-corrected chi connectivity index (χ1v) is 7.46. The predicted octanol–water partition coefficient (Wildman–Crippen LogP) is 1.94. The van der Waals surface area contributed by atoms with Crippen LogP contribution in [0.4, 0.5) is 4.39 Å². The fourth-order valence-corrected chi connectivity index (χ4v) is 2.46. The van der Waals surface area contributed by atoms with Gasteiger partial charge in [0.05, 0.1) is 5.02 Å². The van der Waals surface area contributed by atoms with Gasteiger partial charge >= 0.3 is 0 Å². The average Bonchev–Trinajstić information content (AvgIpc) is 2.74. The van der Waals surface area contributed by atoms with Gasteiger partial charge < -0.3 is 14.5 Å². The lowest BCUT2D eigenvalue weighted by atomic mass is 10.3. The van der Waals surface area contributed by atoms with Crippen molar-refractivity contribution in [1.29, 1.82) is 0 Å². The molecule has 1 aromatic carbocycles. The minimum absolute atomic E-state index is 0.0199. The Morgan fingerprint density at radius 3 is 2.59 bits per heavy atom. The first-order chi connectivity index (χ1) is 10.5. The molecule has 120 valence electrons. The van der Waals surface area contributed by atoms with Crippen molar-refractivity contribution in [2.24, 2.45) is 0 Å². The number of carbonyl (C=O) groups is 2. The van der Waals surface area contributed by atoms with E-state index in [0.29, 0.717) is 31.9 Å². The van der Waals surface area contributed by atoms with E-state index in [-0.39, 0.29) is 23.4 Å². The first-order valence-electron chi connectivity index (χ1n) is 7.08. The van der Waals surface area contributed by atoms with Crippen LogP contribution in [0.1, 0.15) is 13.3 Å². The molecule has 0 unspecified atom stereocenters. The van der Waals surface area contributed by atoms with Crippen molar-refractivity contribution >= 4 is 23.4 Å². The minimum Gasteiger partial charge on any atom is -0.484 e. The maximum atomic E-state index is 13.0. The molecule has 0 atom stereocenters. The molecule has 0 aromatic heterocycles. The fraction of sp³-hybridized carbons (Fsp3) is 0.467. The highest BCUT2D eigenvalue weighted by atomic mass is 35.5. The molecule has 5 nitrogen and oxygen atoms in total. The number of hydrogen-bond acceptors (Lipinski definition) is 3. The summed E-state index contributed by atoms with van der Waals surface area (Å²) in [6, 6.07) is 3.96. The van der Waals surface area contributed by atoms with Crippen LogP contribution in [0.15, 0.2) is 18.2 Å². The van der Waals surface area contributed by atoms with E-state index in [0.717, 1.165) is 6.42 Å². The molecule has 0 bridgehead atoms. The van der Waals surface area contributed by atoms with Gasteiger partial charge in [0.25, 0.3) is 5.91 Å². The lowest BCUT2D eigenvalue weighted by molar-refractivity contribution is -0.134. The lowest BCUT2D eigenvalue weighted by Gasteiger charge is -2.21. The molecule has 0 spiro atoms. The van der Waals surface area contributed by atoms with E-state index in [4.69, 9.17) is 16.3 Å². The number of halogens is 2. The van der Waals surface area contributed by atoms with Gasteiger partial charge in [-0.25, -0.2) is 4.39 Å². The van der Waals surface area contributed by atoms with Gasteiger partial charge in [0.1, 0.15) is 11.6 Å². The molecular formula is C15H18ClFN2O3. The largest absolute Gasteiger partial charge is 0.484 e. The zero-order valence-electron chi connectivity index (χ0n) is 12.3. The zero-order valence-corrected chi connectivity index (χ0v) is 13.1. The topological polar surface area (TPSA) is 49.9 Å². The maximum absolute atomic E-state index is 13.0. The standard InChI is InChI=1S/C15H18ClFN2O3/c1-11(20)18-5-2-6-19(8-7-18)15(21)10-22-12-3-4-14(17)13(16)9-12/h3-4,9H,2,5-8,10H2,1H3. The van der Waals surface area contributed by atoms with Crippen molar-refractivity contribution < 1.29 is 18.7 Å². The number of hydrogen-bond donors (Lipinski definition) is 0. The normalized spacial score (nSPS) is 15.4. The van der Waals surface area contributed by atoms with Crippen molar-refractivity contribution in [2.75, 3.05) is 32.8 Å². The van der Waals surface area contributed by atoms with Gasteiger partial charge in [-0.2, -0.15) is 0 Å². The van der Waals surface area contributed by atoms with Crippen LogP contribution in [0.3, 0.4) is 0 Å².